The van der Waals surface area contributed by atoms with Gasteiger partial charge in [-0.3, -0.25) is 9.59 Å². The van der Waals surface area contributed by atoms with Crippen LogP contribution in [-0.2, 0) is 17.8 Å². The highest BCUT2D eigenvalue weighted by atomic mass is 16.2. The zero-order valence-corrected chi connectivity index (χ0v) is 16.9. The molecule has 1 fully saturated rings. The number of aryl methyl sites for hydroxylation is 2. The molecule has 0 N–H and O–H groups in total. The van der Waals surface area contributed by atoms with E-state index in [0.717, 1.165) is 48.0 Å². The van der Waals surface area contributed by atoms with Crippen molar-refractivity contribution in [3.63, 3.8) is 0 Å². The van der Waals surface area contributed by atoms with Crippen LogP contribution in [0.4, 0.5) is 0 Å². The Hall–Kier alpha value is -2.95. The molecule has 0 spiro atoms. The number of nitrogens with zero attached hydrogens (tertiary/aromatic N) is 3. The third-order valence-corrected chi connectivity index (χ3v) is 5.88. The van der Waals surface area contributed by atoms with Crippen LogP contribution in [0.2, 0.25) is 0 Å². The molecule has 1 aliphatic rings. The van der Waals surface area contributed by atoms with Gasteiger partial charge in [0.15, 0.2) is 5.78 Å². The lowest BCUT2D eigenvalue weighted by Gasteiger charge is -2.32. The zero-order chi connectivity index (χ0) is 20.2. The molecule has 1 aromatic heterocycles. The second kappa shape index (κ2) is 8.60. The van der Waals surface area contributed by atoms with Gasteiger partial charge >= 0.3 is 0 Å². The molecule has 1 saturated heterocycles. The van der Waals surface area contributed by atoms with Crippen LogP contribution in [0.15, 0.2) is 54.9 Å². The Morgan fingerprint density at radius 2 is 1.97 bits per heavy atom. The van der Waals surface area contributed by atoms with Crippen molar-refractivity contribution in [1.82, 2.24) is 14.5 Å². The molecule has 3 aromatic rings. The minimum absolute atomic E-state index is 0.121. The number of aromatic nitrogens is 2. The highest BCUT2D eigenvalue weighted by Crippen LogP contribution is 2.26. The number of hydrogen-bond acceptors (Lipinski definition) is 3. The van der Waals surface area contributed by atoms with Crippen molar-refractivity contribution in [2.24, 2.45) is 5.92 Å². The van der Waals surface area contributed by atoms with E-state index in [2.05, 4.69) is 11.9 Å². The lowest BCUT2D eigenvalue weighted by atomic mass is 9.88. The van der Waals surface area contributed by atoms with Gasteiger partial charge in [-0.25, -0.2) is 4.98 Å². The maximum Gasteiger partial charge on any atom is 0.224 e. The van der Waals surface area contributed by atoms with E-state index in [0.29, 0.717) is 19.5 Å². The number of piperidine rings is 1. The number of benzene rings is 2. The van der Waals surface area contributed by atoms with E-state index in [9.17, 15) is 9.59 Å². The Labute approximate surface area is 171 Å². The Balaban J connectivity index is 1.43. The van der Waals surface area contributed by atoms with Crippen LogP contribution in [0.25, 0.3) is 10.8 Å². The number of carbonyl (C=O) groups is 2. The Morgan fingerprint density at radius 3 is 2.83 bits per heavy atom. The van der Waals surface area contributed by atoms with Crippen molar-refractivity contribution >= 4 is 22.5 Å². The van der Waals surface area contributed by atoms with Crippen molar-refractivity contribution in [3.8, 4) is 0 Å². The van der Waals surface area contributed by atoms with Crippen molar-refractivity contribution in [3.05, 3.63) is 66.2 Å². The third kappa shape index (κ3) is 4.09. The smallest absolute Gasteiger partial charge is 0.224 e. The first kappa shape index (κ1) is 19.4. The third-order valence-electron chi connectivity index (χ3n) is 5.88. The summed E-state index contributed by atoms with van der Waals surface area (Å²) < 4.78 is 2.04. The number of amides is 1. The molecule has 150 valence electrons. The molecule has 2 aromatic carbocycles. The fourth-order valence-electron chi connectivity index (χ4n) is 4.31. The summed E-state index contributed by atoms with van der Waals surface area (Å²) in [5.74, 6) is 1.15. The van der Waals surface area contributed by atoms with Gasteiger partial charge in [-0.2, -0.15) is 0 Å². The topological polar surface area (TPSA) is 55.2 Å². The molecule has 1 unspecified atom stereocenters. The maximum absolute atomic E-state index is 13.3. The zero-order valence-electron chi connectivity index (χ0n) is 16.9. The minimum atomic E-state index is -0.127. The van der Waals surface area contributed by atoms with Gasteiger partial charge in [0.05, 0.1) is 0 Å². The van der Waals surface area contributed by atoms with E-state index in [4.69, 9.17) is 0 Å². The Morgan fingerprint density at radius 1 is 1.14 bits per heavy atom. The monoisotopic (exact) mass is 389 g/mol. The van der Waals surface area contributed by atoms with E-state index < -0.39 is 0 Å². The molecule has 1 aliphatic heterocycles. The molecule has 1 amide bonds. The van der Waals surface area contributed by atoms with E-state index in [1.54, 1.807) is 6.20 Å². The fraction of sp³-hybridized carbons (Fsp3) is 0.375. The largest absolute Gasteiger partial charge is 0.342 e. The molecule has 0 bridgehead atoms. The van der Waals surface area contributed by atoms with Gasteiger partial charge in [-0.05, 0) is 23.6 Å². The number of Topliss-reactive ketones (excluding diaryl/α,β-unsaturated/α-hetero) is 1. The second-order valence-corrected chi connectivity index (χ2v) is 7.71. The number of fused-ring (bicyclic) bond motifs is 1. The molecule has 5 heteroatoms. The lowest BCUT2D eigenvalue weighted by molar-refractivity contribution is -0.132. The van der Waals surface area contributed by atoms with Crippen LogP contribution in [0, 0.1) is 5.92 Å². The van der Waals surface area contributed by atoms with Crippen LogP contribution < -0.4 is 0 Å². The van der Waals surface area contributed by atoms with Crippen LogP contribution in [0.3, 0.4) is 0 Å². The normalized spacial score (nSPS) is 16.9. The molecule has 0 radical (unpaired) electrons. The van der Waals surface area contributed by atoms with Gasteiger partial charge in [0, 0.05) is 56.4 Å². The van der Waals surface area contributed by atoms with E-state index in [1.165, 1.54) is 0 Å². The minimum Gasteiger partial charge on any atom is -0.342 e. The average molecular weight is 389 g/mol. The number of carbonyl (C=O) groups excluding carboxylic acids is 2. The molecule has 2 heterocycles. The molecular weight excluding hydrogens is 362 g/mol. The number of hydrogen-bond donors (Lipinski definition) is 0. The van der Waals surface area contributed by atoms with Crippen molar-refractivity contribution in [2.75, 3.05) is 13.1 Å². The lowest BCUT2D eigenvalue weighted by Crippen LogP contribution is -2.42. The fourth-order valence-corrected chi connectivity index (χ4v) is 4.31. The SMILES string of the molecule is CCc1nccn1CCC(=O)N1CCCC(C(=O)c2cccc3ccccc23)C1. The molecule has 5 nitrogen and oxygen atoms in total. The highest BCUT2D eigenvalue weighted by Gasteiger charge is 2.29. The quantitative estimate of drug-likeness (QED) is 0.596. The van der Waals surface area contributed by atoms with Crippen LogP contribution >= 0.6 is 0 Å². The van der Waals surface area contributed by atoms with Crippen molar-refractivity contribution in [2.45, 2.75) is 39.2 Å². The van der Waals surface area contributed by atoms with Gasteiger partial charge in [0.25, 0.3) is 0 Å². The van der Waals surface area contributed by atoms with Crippen molar-refractivity contribution in [1.29, 1.82) is 0 Å². The summed E-state index contributed by atoms with van der Waals surface area (Å²) in [4.78, 5) is 32.2. The first-order valence-corrected chi connectivity index (χ1v) is 10.5. The standard InChI is InChI=1S/C24H27N3O2/c1-2-22-25-13-16-26(22)15-12-23(28)27-14-6-9-19(17-27)24(29)21-11-5-8-18-7-3-4-10-20(18)21/h3-5,7-8,10-11,13,16,19H,2,6,9,12,14-15,17H2,1H3. The van der Waals surface area contributed by atoms with E-state index in [-0.39, 0.29) is 17.6 Å². The molecule has 4 rings (SSSR count). The van der Waals surface area contributed by atoms with E-state index >= 15 is 0 Å². The first-order chi connectivity index (χ1) is 14.2. The summed E-state index contributed by atoms with van der Waals surface area (Å²) in [6.45, 7) is 3.96. The van der Waals surface area contributed by atoms with E-state index in [1.807, 2.05) is 58.1 Å². The number of ketones is 1. The summed E-state index contributed by atoms with van der Waals surface area (Å²) in [6.07, 6.45) is 6.72. The predicted molar refractivity (Wildman–Crippen MR) is 114 cm³/mol. The highest BCUT2D eigenvalue weighted by molar-refractivity contribution is 6.09. The van der Waals surface area contributed by atoms with Crippen LogP contribution in [0.1, 0.15) is 42.4 Å². The first-order valence-electron chi connectivity index (χ1n) is 10.5. The van der Waals surface area contributed by atoms with Gasteiger partial charge < -0.3 is 9.47 Å². The second-order valence-electron chi connectivity index (χ2n) is 7.71. The summed E-state index contributed by atoms with van der Waals surface area (Å²) in [5, 5.41) is 2.07. The summed E-state index contributed by atoms with van der Waals surface area (Å²) >= 11 is 0. The summed E-state index contributed by atoms with van der Waals surface area (Å²) in [5.41, 5.74) is 0.772. The van der Waals surface area contributed by atoms with Gasteiger partial charge in [0.2, 0.25) is 5.91 Å². The number of likely N-dealkylation sites (tertiary alicyclic amines) is 1. The number of imidazole rings is 1. The number of rotatable bonds is 6. The molecule has 1 atom stereocenters. The van der Waals surface area contributed by atoms with Gasteiger partial charge in [-0.1, -0.05) is 49.4 Å². The maximum atomic E-state index is 13.3. The molecular formula is C24H27N3O2. The summed E-state index contributed by atoms with van der Waals surface area (Å²) in [7, 11) is 0. The van der Waals surface area contributed by atoms with Gasteiger partial charge in [0.1, 0.15) is 5.82 Å². The van der Waals surface area contributed by atoms with Crippen LogP contribution in [0.5, 0.6) is 0 Å². The predicted octanol–water partition coefficient (Wildman–Crippen LogP) is 4.11. The van der Waals surface area contributed by atoms with Gasteiger partial charge in [-0.15, -0.1) is 0 Å². The Kier molecular flexibility index (Phi) is 5.74. The van der Waals surface area contributed by atoms with Crippen LogP contribution in [-0.4, -0.2) is 39.2 Å². The average Bonchev–Trinajstić information content (AvgIpc) is 3.24. The van der Waals surface area contributed by atoms with Crippen molar-refractivity contribution < 1.29 is 9.59 Å². The molecule has 0 aliphatic carbocycles. The Bertz CT molecular complexity index is 1020. The summed E-state index contributed by atoms with van der Waals surface area (Å²) in [6, 6.07) is 13.9. The molecule has 29 heavy (non-hydrogen) atoms. The molecule has 0 saturated carbocycles.